The van der Waals surface area contributed by atoms with Crippen LogP contribution >= 0.6 is 0 Å². The lowest BCUT2D eigenvalue weighted by molar-refractivity contribution is 0.299. The van der Waals surface area contributed by atoms with Crippen LogP contribution in [-0.2, 0) is 10.8 Å². The highest BCUT2D eigenvalue weighted by atomic mass is 16.3. The Morgan fingerprint density at radius 2 is 0.939 bits per heavy atom. The van der Waals surface area contributed by atoms with Gasteiger partial charge < -0.3 is 4.42 Å². The molecule has 4 nitrogen and oxygen atoms in total. The van der Waals surface area contributed by atoms with Crippen LogP contribution in [-0.4, -0.2) is 15.0 Å². The standard InChI is InChI=1S/C45H35N3O/c1-44(2)36-26-25-34-33-17-11-12-18-38(33)49-40(34)39(36)35-24-23-32(27-37(35)45(44,3)4)28-19-21-31(22-20-28)43-47-41(29-13-7-5-8-14-29)46-42(48-43)30-15-9-6-10-16-30/h5-27H,1-4H3. The van der Waals surface area contributed by atoms with Gasteiger partial charge >= 0.3 is 0 Å². The van der Waals surface area contributed by atoms with Crippen LogP contribution < -0.4 is 0 Å². The molecule has 0 N–H and O–H groups in total. The molecule has 0 unspecified atom stereocenters. The van der Waals surface area contributed by atoms with E-state index < -0.39 is 0 Å². The van der Waals surface area contributed by atoms with Gasteiger partial charge in [-0.05, 0) is 50.8 Å². The lowest BCUT2D eigenvalue weighted by Crippen LogP contribution is -2.43. The lowest BCUT2D eigenvalue weighted by Gasteiger charge is -2.48. The van der Waals surface area contributed by atoms with Gasteiger partial charge in [0.25, 0.3) is 0 Å². The second kappa shape index (κ2) is 10.8. The number of furan rings is 1. The Kier molecular flexibility index (Phi) is 6.47. The summed E-state index contributed by atoms with van der Waals surface area (Å²) in [5, 5.41) is 2.32. The van der Waals surface area contributed by atoms with Crippen LogP contribution in [0.2, 0.25) is 0 Å². The first-order valence-electron chi connectivity index (χ1n) is 16.9. The number of benzene rings is 6. The topological polar surface area (TPSA) is 51.8 Å². The summed E-state index contributed by atoms with van der Waals surface area (Å²) in [6.07, 6.45) is 0. The van der Waals surface area contributed by atoms with Crippen molar-refractivity contribution in [2.24, 2.45) is 0 Å². The van der Waals surface area contributed by atoms with Crippen LogP contribution in [0.1, 0.15) is 38.8 Å². The Morgan fingerprint density at radius 1 is 0.429 bits per heavy atom. The van der Waals surface area contributed by atoms with Crippen molar-refractivity contribution in [3.05, 3.63) is 151 Å². The molecule has 0 saturated heterocycles. The summed E-state index contributed by atoms with van der Waals surface area (Å²) in [5.74, 6) is 1.97. The van der Waals surface area contributed by atoms with Gasteiger partial charge in [0.05, 0.1) is 0 Å². The second-order valence-electron chi connectivity index (χ2n) is 14.1. The van der Waals surface area contributed by atoms with Crippen LogP contribution in [0.5, 0.6) is 0 Å². The van der Waals surface area contributed by atoms with Gasteiger partial charge in [-0.15, -0.1) is 0 Å². The van der Waals surface area contributed by atoms with E-state index in [1.165, 1.54) is 33.2 Å². The van der Waals surface area contributed by atoms with Crippen LogP contribution in [0, 0.1) is 0 Å². The van der Waals surface area contributed by atoms with E-state index in [2.05, 4.69) is 100 Å². The largest absolute Gasteiger partial charge is 0.455 e. The first-order valence-corrected chi connectivity index (χ1v) is 16.9. The maximum absolute atomic E-state index is 6.60. The van der Waals surface area contributed by atoms with E-state index in [9.17, 15) is 0 Å². The number of hydrogen-bond donors (Lipinski definition) is 0. The summed E-state index contributed by atoms with van der Waals surface area (Å²) in [4.78, 5) is 14.7. The fraction of sp³-hybridized carbons (Fsp3) is 0.133. The molecule has 0 aliphatic heterocycles. The number of aromatic nitrogens is 3. The summed E-state index contributed by atoms with van der Waals surface area (Å²) in [6.45, 7) is 9.49. The average Bonchev–Trinajstić information content (AvgIpc) is 3.53. The molecular formula is C45H35N3O. The number of fused-ring (bicyclic) bond motifs is 7. The van der Waals surface area contributed by atoms with Crippen molar-refractivity contribution in [2.45, 2.75) is 38.5 Å². The van der Waals surface area contributed by atoms with Gasteiger partial charge in [0.1, 0.15) is 11.2 Å². The normalized spacial score (nSPS) is 14.4. The van der Waals surface area contributed by atoms with Gasteiger partial charge in [-0.3, -0.25) is 0 Å². The van der Waals surface area contributed by atoms with Crippen molar-refractivity contribution in [3.63, 3.8) is 0 Å². The van der Waals surface area contributed by atoms with Gasteiger partial charge in [0.15, 0.2) is 17.5 Å². The van der Waals surface area contributed by atoms with Gasteiger partial charge in [-0.1, -0.05) is 155 Å². The molecule has 9 rings (SSSR count). The predicted molar refractivity (Wildman–Crippen MR) is 200 cm³/mol. The van der Waals surface area contributed by atoms with Crippen molar-refractivity contribution in [1.29, 1.82) is 0 Å². The SMILES string of the molecule is CC1(C)c2cc(-c3ccc(-c4nc(-c5ccccc5)nc(-c5ccccc5)n4)cc3)ccc2-c2c(ccc3c2oc2ccccc23)C1(C)C. The van der Waals surface area contributed by atoms with Crippen molar-refractivity contribution in [3.8, 4) is 56.4 Å². The Hall–Kier alpha value is -5.87. The van der Waals surface area contributed by atoms with Gasteiger partial charge in [-0.25, -0.2) is 15.0 Å². The highest BCUT2D eigenvalue weighted by molar-refractivity contribution is 6.11. The zero-order valence-electron chi connectivity index (χ0n) is 28.0. The Bertz CT molecular complexity index is 2470. The molecule has 49 heavy (non-hydrogen) atoms. The molecule has 4 heteroatoms. The smallest absolute Gasteiger partial charge is 0.164 e. The zero-order chi connectivity index (χ0) is 33.3. The molecule has 236 valence electrons. The minimum Gasteiger partial charge on any atom is -0.455 e. The molecule has 0 bridgehead atoms. The summed E-state index contributed by atoms with van der Waals surface area (Å²) in [6, 6.07) is 48.6. The second-order valence-corrected chi connectivity index (χ2v) is 14.1. The molecule has 0 fully saturated rings. The summed E-state index contributed by atoms with van der Waals surface area (Å²) >= 11 is 0. The third-order valence-electron chi connectivity index (χ3n) is 10.9. The quantitative estimate of drug-likeness (QED) is 0.193. The molecule has 1 aliphatic rings. The van der Waals surface area contributed by atoms with Crippen LogP contribution in [0.25, 0.3) is 78.4 Å². The molecular weight excluding hydrogens is 599 g/mol. The molecule has 1 aliphatic carbocycles. The van der Waals surface area contributed by atoms with E-state index in [-0.39, 0.29) is 10.8 Å². The maximum atomic E-state index is 6.60. The number of hydrogen-bond acceptors (Lipinski definition) is 4. The number of para-hydroxylation sites is 1. The van der Waals surface area contributed by atoms with Crippen LogP contribution in [0.3, 0.4) is 0 Å². The van der Waals surface area contributed by atoms with E-state index in [4.69, 9.17) is 19.4 Å². The van der Waals surface area contributed by atoms with E-state index in [0.29, 0.717) is 17.5 Å². The summed E-state index contributed by atoms with van der Waals surface area (Å²) in [5.41, 5.74) is 12.0. The number of nitrogens with zero attached hydrogens (tertiary/aromatic N) is 3. The van der Waals surface area contributed by atoms with Crippen molar-refractivity contribution in [1.82, 2.24) is 15.0 Å². The van der Waals surface area contributed by atoms with Gasteiger partial charge in [0.2, 0.25) is 0 Å². The lowest BCUT2D eigenvalue weighted by atomic mass is 9.55. The van der Waals surface area contributed by atoms with Crippen molar-refractivity contribution in [2.75, 3.05) is 0 Å². The first-order chi connectivity index (χ1) is 23.8. The average molecular weight is 634 g/mol. The molecule has 2 aromatic heterocycles. The van der Waals surface area contributed by atoms with Crippen LogP contribution in [0.15, 0.2) is 144 Å². The number of rotatable bonds is 4. The Morgan fingerprint density at radius 3 is 1.57 bits per heavy atom. The molecule has 0 atom stereocenters. The van der Waals surface area contributed by atoms with Crippen molar-refractivity contribution < 1.29 is 4.42 Å². The monoisotopic (exact) mass is 633 g/mol. The molecule has 6 aromatic carbocycles. The summed E-state index contributed by atoms with van der Waals surface area (Å²) < 4.78 is 6.60. The predicted octanol–water partition coefficient (Wildman–Crippen LogP) is 11.7. The Balaban J connectivity index is 1.15. The van der Waals surface area contributed by atoms with Crippen LogP contribution in [0.4, 0.5) is 0 Å². The molecule has 2 heterocycles. The van der Waals surface area contributed by atoms with Gasteiger partial charge in [0, 0.05) is 33.0 Å². The van der Waals surface area contributed by atoms with E-state index in [1.807, 2.05) is 66.7 Å². The van der Waals surface area contributed by atoms with E-state index in [0.717, 1.165) is 38.8 Å². The minimum atomic E-state index is -0.128. The summed E-state index contributed by atoms with van der Waals surface area (Å²) in [7, 11) is 0. The first kappa shape index (κ1) is 29.3. The van der Waals surface area contributed by atoms with E-state index >= 15 is 0 Å². The van der Waals surface area contributed by atoms with Crippen molar-refractivity contribution >= 4 is 21.9 Å². The fourth-order valence-electron chi connectivity index (χ4n) is 7.46. The fourth-order valence-corrected chi connectivity index (χ4v) is 7.46. The highest BCUT2D eigenvalue weighted by Gasteiger charge is 2.47. The third-order valence-corrected chi connectivity index (χ3v) is 10.9. The molecule has 0 amide bonds. The molecule has 8 aromatic rings. The molecule has 0 radical (unpaired) electrons. The van der Waals surface area contributed by atoms with Gasteiger partial charge in [-0.2, -0.15) is 0 Å². The maximum Gasteiger partial charge on any atom is 0.164 e. The minimum absolute atomic E-state index is 0.127. The molecule has 0 saturated carbocycles. The Labute approximate surface area is 286 Å². The zero-order valence-corrected chi connectivity index (χ0v) is 28.0. The third kappa shape index (κ3) is 4.55. The molecule has 0 spiro atoms. The highest BCUT2D eigenvalue weighted by Crippen LogP contribution is 2.56. The van der Waals surface area contributed by atoms with E-state index in [1.54, 1.807) is 0 Å².